The van der Waals surface area contributed by atoms with E-state index in [9.17, 15) is 9.18 Å². The average Bonchev–Trinajstić information content (AvgIpc) is 2.49. The zero-order valence-corrected chi connectivity index (χ0v) is 13.0. The average molecular weight is 300 g/mol. The first-order valence-corrected chi connectivity index (χ1v) is 7.02. The van der Waals surface area contributed by atoms with Gasteiger partial charge in [-0.3, -0.25) is 4.79 Å². The van der Waals surface area contributed by atoms with Gasteiger partial charge in [0.25, 0.3) is 5.56 Å². The molecule has 2 rings (SSSR count). The summed E-state index contributed by atoms with van der Waals surface area (Å²) in [5.41, 5.74) is 2.07. The van der Waals surface area contributed by atoms with Crippen LogP contribution in [0.1, 0.15) is 42.5 Å². The summed E-state index contributed by atoms with van der Waals surface area (Å²) >= 11 is 0. The number of hydrogen-bond donors (Lipinski definition) is 0. The molecule has 0 aliphatic carbocycles. The molecule has 2 aromatic heterocycles. The SMILES string of the molecule is [C-]#[N+]c1cc(C)c(-n2nc(CC)c(C(C)F)cc2=O)nc1C. The molecule has 0 fully saturated rings. The second-order valence-electron chi connectivity index (χ2n) is 5.11. The summed E-state index contributed by atoms with van der Waals surface area (Å²) in [4.78, 5) is 20.0. The Balaban J connectivity index is 2.71. The molecule has 2 aromatic rings. The fourth-order valence-corrected chi connectivity index (χ4v) is 2.28. The van der Waals surface area contributed by atoms with E-state index in [1.165, 1.54) is 17.7 Å². The van der Waals surface area contributed by atoms with Crippen molar-refractivity contribution in [2.24, 2.45) is 0 Å². The second-order valence-corrected chi connectivity index (χ2v) is 5.11. The molecule has 6 heteroatoms. The van der Waals surface area contributed by atoms with Gasteiger partial charge in [0.2, 0.25) is 5.69 Å². The van der Waals surface area contributed by atoms with Crippen molar-refractivity contribution in [1.82, 2.24) is 14.8 Å². The Kier molecular flexibility index (Phi) is 4.36. The van der Waals surface area contributed by atoms with E-state index in [1.54, 1.807) is 19.9 Å². The van der Waals surface area contributed by atoms with E-state index in [-0.39, 0.29) is 0 Å². The lowest BCUT2D eigenvalue weighted by atomic mass is 10.1. The topological polar surface area (TPSA) is 52.1 Å². The lowest BCUT2D eigenvalue weighted by Crippen LogP contribution is -2.25. The van der Waals surface area contributed by atoms with Gasteiger partial charge in [-0.1, -0.05) is 6.92 Å². The van der Waals surface area contributed by atoms with Crippen LogP contribution in [0.5, 0.6) is 0 Å². The fourth-order valence-electron chi connectivity index (χ4n) is 2.28. The molecular formula is C16H17FN4O. The Morgan fingerprint density at radius 2 is 2.09 bits per heavy atom. The maximum atomic E-state index is 13.6. The lowest BCUT2D eigenvalue weighted by Gasteiger charge is -2.13. The number of aromatic nitrogens is 3. The predicted octanol–water partition coefficient (Wildman–Crippen LogP) is 3.39. The zero-order chi connectivity index (χ0) is 16.4. The maximum absolute atomic E-state index is 13.6. The van der Waals surface area contributed by atoms with Crippen LogP contribution in [0.3, 0.4) is 0 Å². The minimum atomic E-state index is -1.25. The molecule has 114 valence electrons. The quantitative estimate of drug-likeness (QED) is 0.816. The van der Waals surface area contributed by atoms with Crippen molar-refractivity contribution in [2.45, 2.75) is 40.3 Å². The molecular weight excluding hydrogens is 283 g/mol. The molecule has 22 heavy (non-hydrogen) atoms. The largest absolute Gasteiger partial charge is 0.273 e. The molecule has 1 atom stereocenters. The molecule has 5 nitrogen and oxygen atoms in total. The summed E-state index contributed by atoms with van der Waals surface area (Å²) in [5.74, 6) is 0.377. The number of halogens is 1. The van der Waals surface area contributed by atoms with E-state index in [1.807, 2.05) is 6.92 Å². The maximum Gasteiger partial charge on any atom is 0.273 e. The first-order valence-electron chi connectivity index (χ1n) is 7.02. The minimum Gasteiger partial charge on any atom is -0.267 e. The van der Waals surface area contributed by atoms with Crippen LogP contribution in [0.25, 0.3) is 10.7 Å². The van der Waals surface area contributed by atoms with Crippen LogP contribution >= 0.6 is 0 Å². The Bertz CT molecular complexity index is 818. The van der Waals surface area contributed by atoms with Crippen molar-refractivity contribution in [2.75, 3.05) is 0 Å². The number of alkyl halides is 1. The summed E-state index contributed by atoms with van der Waals surface area (Å²) in [6.07, 6.45) is -0.729. The van der Waals surface area contributed by atoms with Gasteiger partial charge in [0.15, 0.2) is 5.82 Å². The highest BCUT2D eigenvalue weighted by atomic mass is 19.1. The monoisotopic (exact) mass is 300 g/mol. The van der Waals surface area contributed by atoms with Gasteiger partial charge in [-0.25, -0.2) is 14.2 Å². The van der Waals surface area contributed by atoms with E-state index >= 15 is 0 Å². The van der Waals surface area contributed by atoms with Crippen molar-refractivity contribution in [3.8, 4) is 5.82 Å². The zero-order valence-electron chi connectivity index (χ0n) is 13.0. The van der Waals surface area contributed by atoms with E-state index in [0.29, 0.717) is 40.4 Å². The first-order chi connectivity index (χ1) is 10.4. The molecule has 0 aromatic carbocycles. The molecule has 0 aliphatic rings. The van der Waals surface area contributed by atoms with Gasteiger partial charge in [0.05, 0.1) is 12.3 Å². The summed E-state index contributed by atoms with van der Waals surface area (Å²) in [6, 6.07) is 2.95. The van der Waals surface area contributed by atoms with Crippen LogP contribution in [0, 0.1) is 20.4 Å². The molecule has 0 saturated carbocycles. The Labute approximate surface area is 128 Å². The molecule has 0 radical (unpaired) electrons. The highest BCUT2D eigenvalue weighted by Gasteiger charge is 2.16. The lowest BCUT2D eigenvalue weighted by molar-refractivity contribution is 0.369. The van der Waals surface area contributed by atoms with E-state index in [2.05, 4.69) is 14.9 Å². The molecule has 0 amide bonds. The molecule has 2 heterocycles. The van der Waals surface area contributed by atoms with Crippen molar-refractivity contribution in [1.29, 1.82) is 0 Å². The van der Waals surface area contributed by atoms with Crippen molar-refractivity contribution in [3.63, 3.8) is 0 Å². The van der Waals surface area contributed by atoms with Crippen LogP contribution in [-0.2, 0) is 6.42 Å². The minimum absolute atomic E-state index is 0.316. The van der Waals surface area contributed by atoms with Gasteiger partial charge in [-0.05, 0) is 38.8 Å². The highest BCUT2D eigenvalue weighted by Crippen LogP contribution is 2.23. The summed E-state index contributed by atoms with van der Waals surface area (Å²) in [6.45, 7) is 13.8. The van der Waals surface area contributed by atoms with E-state index < -0.39 is 11.7 Å². The molecule has 0 saturated heterocycles. The molecule has 0 bridgehead atoms. The van der Waals surface area contributed by atoms with E-state index in [4.69, 9.17) is 6.57 Å². The molecule has 0 N–H and O–H groups in total. The second kappa shape index (κ2) is 6.06. The number of nitrogens with zero attached hydrogens (tertiary/aromatic N) is 4. The van der Waals surface area contributed by atoms with Crippen LogP contribution in [0.15, 0.2) is 16.9 Å². The third-order valence-corrected chi connectivity index (χ3v) is 3.48. The predicted molar refractivity (Wildman–Crippen MR) is 82.3 cm³/mol. The molecule has 0 aliphatic heterocycles. The van der Waals surface area contributed by atoms with Gasteiger partial charge < -0.3 is 0 Å². The summed E-state index contributed by atoms with van der Waals surface area (Å²) < 4.78 is 14.8. The van der Waals surface area contributed by atoms with Crippen molar-refractivity contribution < 1.29 is 4.39 Å². The van der Waals surface area contributed by atoms with Gasteiger partial charge in [0, 0.05) is 17.3 Å². The first kappa shape index (κ1) is 15.8. The normalized spacial score (nSPS) is 12.0. The van der Waals surface area contributed by atoms with Gasteiger partial charge in [0.1, 0.15) is 6.17 Å². The van der Waals surface area contributed by atoms with Crippen molar-refractivity contribution in [3.05, 3.63) is 56.4 Å². The van der Waals surface area contributed by atoms with Crippen LogP contribution in [0.2, 0.25) is 0 Å². The van der Waals surface area contributed by atoms with Gasteiger partial charge in [-0.15, -0.1) is 0 Å². The molecule has 1 unspecified atom stereocenters. The number of aryl methyl sites for hydroxylation is 3. The standard InChI is InChI=1S/C16H17FN4O/c1-6-13-12(10(3)17)8-15(22)21(20-13)16-9(2)7-14(18-5)11(4)19-16/h7-8,10H,6H2,1-4H3. The van der Waals surface area contributed by atoms with Crippen LogP contribution in [0.4, 0.5) is 10.1 Å². The van der Waals surface area contributed by atoms with Crippen LogP contribution < -0.4 is 5.56 Å². The van der Waals surface area contributed by atoms with Crippen LogP contribution in [-0.4, -0.2) is 14.8 Å². The summed E-state index contributed by atoms with van der Waals surface area (Å²) in [7, 11) is 0. The Hall–Kier alpha value is -2.55. The number of pyridine rings is 1. The van der Waals surface area contributed by atoms with Gasteiger partial charge >= 0.3 is 0 Å². The smallest absolute Gasteiger partial charge is 0.267 e. The Morgan fingerprint density at radius 3 is 2.64 bits per heavy atom. The summed E-state index contributed by atoms with van der Waals surface area (Å²) in [5, 5.41) is 4.26. The number of rotatable bonds is 3. The third kappa shape index (κ3) is 2.75. The third-order valence-electron chi connectivity index (χ3n) is 3.48. The van der Waals surface area contributed by atoms with E-state index in [0.717, 1.165) is 0 Å². The highest BCUT2D eigenvalue weighted by molar-refractivity contribution is 5.54. The Morgan fingerprint density at radius 1 is 1.41 bits per heavy atom. The fraction of sp³-hybridized carbons (Fsp3) is 0.375. The molecule has 0 spiro atoms. The van der Waals surface area contributed by atoms with Crippen molar-refractivity contribution >= 4 is 5.69 Å². The van der Waals surface area contributed by atoms with Gasteiger partial charge in [-0.2, -0.15) is 9.78 Å². The number of hydrogen-bond acceptors (Lipinski definition) is 3.